The Bertz CT molecular complexity index is 847. The molecule has 0 unspecified atom stereocenters. The molecule has 0 radical (unpaired) electrons. The number of halogens is 1. The van der Waals surface area contributed by atoms with E-state index in [1.165, 1.54) is 29.0 Å². The first-order valence-corrected chi connectivity index (χ1v) is 8.07. The van der Waals surface area contributed by atoms with E-state index in [1.54, 1.807) is 17.4 Å². The predicted octanol–water partition coefficient (Wildman–Crippen LogP) is 3.99. The number of nitrogens with two attached hydrogens (primary N) is 1. The average molecular weight is 301 g/mol. The van der Waals surface area contributed by atoms with E-state index in [0.29, 0.717) is 5.52 Å². The van der Waals surface area contributed by atoms with Gasteiger partial charge >= 0.3 is 0 Å². The van der Waals surface area contributed by atoms with Gasteiger partial charge in [0.2, 0.25) is 0 Å². The number of rotatable bonds is 2. The fourth-order valence-electron chi connectivity index (χ4n) is 3.28. The van der Waals surface area contributed by atoms with E-state index in [0.717, 1.165) is 41.3 Å². The van der Waals surface area contributed by atoms with E-state index >= 15 is 0 Å². The van der Waals surface area contributed by atoms with Crippen molar-refractivity contribution < 1.29 is 4.39 Å². The number of nitrogens with zero attached hydrogens (tertiary/aromatic N) is 2. The van der Waals surface area contributed by atoms with E-state index in [1.807, 2.05) is 0 Å². The molecule has 2 aromatic heterocycles. The maximum atomic E-state index is 13.5. The molecule has 2 heterocycles. The molecular weight excluding hydrogens is 285 g/mol. The molecule has 0 fully saturated rings. The zero-order chi connectivity index (χ0) is 14.6. The summed E-state index contributed by atoms with van der Waals surface area (Å²) in [5.74, 6) is 0.633. The Morgan fingerprint density at radius 2 is 2.24 bits per heavy atom. The average Bonchev–Trinajstić information content (AvgIpc) is 3.09. The molecule has 0 bridgehead atoms. The van der Waals surface area contributed by atoms with Crippen LogP contribution < -0.4 is 5.73 Å². The summed E-state index contributed by atoms with van der Waals surface area (Å²) in [5.41, 5.74) is 10.3. The zero-order valence-electron chi connectivity index (χ0n) is 11.8. The van der Waals surface area contributed by atoms with Crippen molar-refractivity contribution in [2.24, 2.45) is 0 Å². The maximum absolute atomic E-state index is 13.5. The van der Waals surface area contributed by atoms with Gasteiger partial charge in [0.25, 0.3) is 0 Å². The Kier molecular flexibility index (Phi) is 2.79. The lowest BCUT2D eigenvalue weighted by Gasteiger charge is -2.07. The number of thiophene rings is 1. The summed E-state index contributed by atoms with van der Waals surface area (Å²) in [6.45, 7) is 2.87. The van der Waals surface area contributed by atoms with Crippen molar-refractivity contribution in [3.63, 3.8) is 0 Å². The van der Waals surface area contributed by atoms with Crippen molar-refractivity contribution in [1.29, 1.82) is 0 Å². The number of anilines is 1. The lowest BCUT2D eigenvalue weighted by molar-refractivity contribution is 0.629. The van der Waals surface area contributed by atoms with Crippen molar-refractivity contribution in [3.05, 3.63) is 34.5 Å². The summed E-state index contributed by atoms with van der Waals surface area (Å²) in [6, 6.07) is 4.78. The monoisotopic (exact) mass is 301 g/mol. The third-order valence-corrected chi connectivity index (χ3v) is 5.32. The van der Waals surface area contributed by atoms with Crippen molar-refractivity contribution in [2.45, 2.75) is 32.7 Å². The number of benzene rings is 1. The number of hydrogen-bond donors (Lipinski definition) is 1. The van der Waals surface area contributed by atoms with E-state index < -0.39 is 0 Å². The van der Waals surface area contributed by atoms with Gasteiger partial charge in [0, 0.05) is 17.5 Å². The van der Waals surface area contributed by atoms with Crippen molar-refractivity contribution in [2.75, 3.05) is 5.73 Å². The Labute approximate surface area is 126 Å². The Hall–Kier alpha value is -1.88. The number of fused-ring (bicyclic) bond motifs is 2. The number of aromatic nitrogens is 2. The van der Waals surface area contributed by atoms with Gasteiger partial charge < -0.3 is 10.3 Å². The van der Waals surface area contributed by atoms with Gasteiger partial charge in [-0.1, -0.05) is 0 Å². The van der Waals surface area contributed by atoms with Gasteiger partial charge in [-0.15, -0.1) is 11.3 Å². The van der Waals surface area contributed by atoms with Crippen LogP contribution in [-0.4, -0.2) is 9.55 Å². The van der Waals surface area contributed by atoms with Crippen LogP contribution >= 0.6 is 11.3 Å². The molecule has 0 aliphatic heterocycles. The SMILES string of the molecule is CCn1c(-c2c(N)sc3c2CCC3)nc2cc(F)ccc21. The Morgan fingerprint density at radius 1 is 1.38 bits per heavy atom. The van der Waals surface area contributed by atoms with Gasteiger partial charge in [0.15, 0.2) is 0 Å². The van der Waals surface area contributed by atoms with Gasteiger partial charge in [0.1, 0.15) is 11.6 Å². The molecule has 0 saturated carbocycles. The van der Waals surface area contributed by atoms with Crippen molar-refractivity contribution in [3.8, 4) is 11.4 Å². The molecule has 2 N–H and O–H groups in total. The molecule has 3 aromatic rings. The molecule has 3 nitrogen and oxygen atoms in total. The first-order chi connectivity index (χ1) is 10.2. The molecule has 1 aromatic carbocycles. The second-order valence-electron chi connectivity index (χ2n) is 5.41. The molecule has 108 valence electrons. The minimum absolute atomic E-state index is 0.252. The fraction of sp³-hybridized carbons (Fsp3) is 0.312. The normalized spacial score (nSPS) is 14.0. The minimum atomic E-state index is -0.252. The smallest absolute Gasteiger partial charge is 0.144 e. The molecule has 0 atom stereocenters. The molecular formula is C16H16FN3S. The summed E-state index contributed by atoms with van der Waals surface area (Å²) < 4.78 is 15.6. The highest BCUT2D eigenvalue weighted by molar-refractivity contribution is 7.16. The van der Waals surface area contributed by atoms with Gasteiger partial charge in [0.05, 0.1) is 21.6 Å². The molecule has 0 spiro atoms. The van der Waals surface area contributed by atoms with Crippen LogP contribution in [0.2, 0.25) is 0 Å². The largest absolute Gasteiger partial charge is 0.390 e. The summed E-state index contributed by atoms with van der Waals surface area (Å²) in [7, 11) is 0. The molecule has 0 saturated heterocycles. The highest BCUT2D eigenvalue weighted by Crippen LogP contribution is 2.43. The molecule has 1 aliphatic carbocycles. The van der Waals surface area contributed by atoms with Crippen molar-refractivity contribution >= 4 is 27.4 Å². The van der Waals surface area contributed by atoms with E-state index in [-0.39, 0.29) is 5.82 Å². The highest BCUT2D eigenvalue weighted by Gasteiger charge is 2.25. The van der Waals surface area contributed by atoms with Crippen LogP contribution in [0.25, 0.3) is 22.4 Å². The molecule has 0 amide bonds. The summed E-state index contributed by atoms with van der Waals surface area (Å²) in [5, 5.41) is 0.838. The quantitative estimate of drug-likeness (QED) is 0.777. The van der Waals surface area contributed by atoms with Gasteiger partial charge in [-0.2, -0.15) is 0 Å². The second kappa shape index (κ2) is 4.56. The van der Waals surface area contributed by atoms with Crippen LogP contribution in [0.5, 0.6) is 0 Å². The highest BCUT2D eigenvalue weighted by atomic mass is 32.1. The fourth-order valence-corrected chi connectivity index (χ4v) is 4.44. The van der Waals surface area contributed by atoms with Gasteiger partial charge in [-0.3, -0.25) is 0 Å². The lowest BCUT2D eigenvalue weighted by Crippen LogP contribution is -2.00. The lowest BCUT2D eigenvalue weighted by atomic mass is 10.1. The van der Waals surface area contributed by atoms with Gasteiger partial charge in [-0.05, 0) is 43.9 Å². The van der Waals surface area contributed by atoms with Crippen LogP contribution in [-0.2, 0) is 19.4 Å². The first kappa shape index (κ1) is 12.8. The molecule has 21 heavy (non-hydrogen) atoms. The van der Waals surface area contributed by atoms with Crippen LogP contribution in [0.15, 0.2) is 18.2 Å². The first-order valence-electron chi connectivity index (χ1n) is 7.25. The van der Waals surface area contributed by atoms with Crippen LogP contribution in [0.1, 0.15) is 23.8 Å². The summed E-state index contributed by atoms with van der Waals surface area (Å²) in [4.78, 5) is 6.07. The molecule has 5 heteroatoms. The summed E-state index contributed by atoms with van der Waals surface area (Å²) in [6.07, 6.45) is 3.38. The Morgan fingerprint density at radius 3 is 3.05 bits per heavy atom. The molecule has 1 aliphatic rings. The molecule has 4 rings (SSSR count). The second-order valence-corrected chi connectivity index (χ2v) is 6.55. The third kappa shape index (κ3) is 1.80. The predicted molar refractivity (Wildman–Crippen MR) is 85.1 cm³/mol. The number of hydrogen-bond acceptors (Lipinski definition) is 3. The zero-order valence-corrected chi connectivity index (χ0v) is 12.6. The van der Waals surface area contributed by atoms with E-state index in [9.17, 15) is 4.39 Å². The van der Waals surface area contributed by atoms with E-state index in [2.05, 4.69) is 16.5 Å². The summed E-state index contributed by atoms with van der Waals surface area (Å²) >= 11 is 1.68. The standard InChI is InChI=1S/C16H16FN3S/c1-2-20-12-7-6-9(17)8-11(12)19-16(20)14-10-4-3-5-13(10)21-15(14)18/h6-8H,2-5,18H2,1H3. The minimum Gasteiger partial charge on any atom is -0.390 e. The van der Waals surface area contributed by atoms with Crippen molar-refractivity contribution in [1.82, 2.24) is 9.55 Å². The van der Waals surface area contributed by atoms with E-state index in [4.69, 9.17) is 5.73 Å². The number of imidazole rings is 1. The topological polar surface area (TPSA) is 43.8 Å². The van der Waals surface area contributed by atoms with Crippen LogP contribution in [0.3, 0.4) is 0 Å². The number of nitrogen functional groups attached to an aromatic ring is 1. The van der Waals surface area contributed by atoms with Crippen LogP contribution in [0, 0.1) is 5.82 Å². The van der Waals surface area contributed by atoms with Crippen LogP contribution in [0.4, 0.5) is 9.39 Å². The maximum Gasteiger partial charge on any atom is 0.144 e. The number of aryl methyl sites for hydroxylation is 2. The van der Waals surface area contributed by atoms with Gasteiger partial charge in [-0.25, -0.2) is 9.37 Å². The Balaban J connectivity index is 2.02. The third-order valence-electron chi connectivity index (χ3n) is 4.20.